The van der Waals surface area contributed by atoms with Gasteiger partial charge in [-0.1, -0.05) is 12.1 Å². The molecule has 0 aliphatic carbocycles. The Morgan fingerprint density at radius 3 is 2.56 bits per heavy atom. The summed E-state index contributed by atoms with van der Waals surface area (Å²) in [5.41, 5.74) is 0.816. The summed E-state index contributed by atoms with van der Waals surface area (Å²) in [7, 11) is 1.84. The molecule has 3 nitrogen and oxygen atoms in total. The summed E-state index contributed by atoms with van der Waals surface area (Å²) in [5.74, 6) is -0.332. The van der Waals surface area contributed by atoms with Crippen molar-refractivity contribution in [3.05, 3.63) is 35.6 Å². The first kappa shape index (κ1) is 12.6. The molecular weight excluding hydrogens is 207 g/mol. The Bertz CT molecular complexity index is 337. The standard InChI is InChI=1S/C12H17FN2O/c1-9(14-2)8-15-12(16)7-10-3-5-11(13)6-4-10/h3-6,9,14H,7-8H2,1-2H3,(H,15,16). The summed E-state index contributed by atoms with van der Waals surface area (Å²) >= 11 is 0. The molecule has 0 aromatic heterocycles. The van der Waals surface area contributed by atoms with Gasteiger partial charge in [0.1, 0.15) is 5.82 Å². The van der Waals surface area contributed by atoms with E-state index in [-0.39, 0.29) is 24.2 Å². The SMILES string of the molecule is CNC(C)CNC(=O)Cc1ccc(F)cc1. The van der Waals surface area contributed by atoms with Crippen LogP contribution in [0, 0.1) is 5.82 Å². The van der Waals surface area contributed by atoms with Gasteiger partial charge in [-0.05, 0) is 31.7 Å². The average molecular weight is 224 g/mol. The van der Waals surface area contributed by atoms with E-state index in [2.05, 4.69) is 10.6 Å². The lowest BCUT2D eigenvalue weighted by Crippen LogP contribution is -2.37. The topological polar surface area (TPSA) is 41.1 Å². The Labute approximate surface area is 95.0 Å². The van der Waals surface area contributed by atoms with E-state index in [4.69, 9.17) is 0 Å². The van der Waals surface area contributed by atoms with Crippen LogP contribution in [-0.2, 0) is 11.2 Å². The number of hydrogen-bond acceptors (Lipinski definition) is 2. The van der Waals surface area contributed by atoms with Gasteiger partial charge < -0.3 is 10.6 Å². The quantitative estimate of drug-likeness (QED) is 0.786. The molecule has 0 radical (unpaired) electrons. The molecule has 0 saturated heterocycles. The first-order chi connectivity index (χ1) is 7.61. The molecule has 1 unspecified atom stereocenters. The number of nitrogens with one attached hydrogen (secondary N) is 2. The van der Waals surface area contributed by atoms with Gasteiger partial charge in [-0.15, -0.1) is 0 Å². The van der Waals surface area contributed by atoms with Crippen molar-refractivity contribution in [1.29, 1.82) is 0 Å². The van der Waals surface area contributed by atoms with Gasteiger partial charge >= 0.3 is 0 Å². The Hall–Kier alpha value is -1.42. The van der Waals surface area contributed by atoms with Crippen LogP contribution in [-0.4, -0.2) is 25.5 Å². The third-order valence-electron chi connectivity index (χ3n) is 2.38. The van der Waals surface area contributed by atoms with Gasteiger partial charge in [0, 0.05) is 12.6 Å². The molecule has 1 rings (SSSR count). The van der Waals surface area contributed by atoms with Crippen LogP contribution in [0.3, 0.4) is 0 Å². The highest BCUT2D eigenvalue weighted by Crippen LogP contribution is 2.03. The van der Waals surface area contributed by atoms with E-state index in [9.17, 15) is 9.18 Å². The van der Waals surface area contributed by atoms with E-state index >= 15 is 0 Å². The molecule has 16 heavy (non-hydrogen) atoms. The minimum atomic E-state index is -0.284. The van der Waals surface area contributed by atoms with E-state index in [1.165, 1.54) is 12.1 Å². The maximum absolute atomic E-state index is 12.6. The normalized spacial score (nSPS) is 12.2. The number of amides is 1. The van der Waals surface area contributed by atoms with E-state index < -0.39 is 0 Å². The van der Waals surface area contributed by atoms with Crippen LogP contribution in [0.1, 0.15) is 12.5 Å². The van der Waals surface area contributed by atoms with E-state index in [1.807, 2.05) is 14.0 Å². The van der Waals surface area contributed by atoms with Crippen LogP contribution < -0.4 is 10.6 Å². The van der Waals surface area contributed by atoms with Gasteiger partial charge in [-0.3, -0.25) is 4.79 Å². The van der Waals surface area contributed by atoms with Crippen LogP contribution in [0.5, 0.6) is 0 Å². The van der Waals surface area contributed by atoms with Crippen LogP contribution in [0.15, 0.2) is 24.3 Å². The number of rotatable bonds is 5. The zero-order valence-corrected chi connectivity index (χ0v) is 9.59. The second-order valence-corrected chi connectivity index (χ2v) is 3.80. The summed E-state index contributed by atoms with van der Waals surface area (Å²) in [5, 5.41) is 5.83. The van der Waals surface area contributed by atoms with E-state index in [0.717, 1.165) is 5.56 Å². The highest BCUT2D eigenvalue weighted by Gasteiger charge is 2.04. The molecule has 2 N–H and O–H groups in total. The van der Waals surface area contributed by atoms with Gasteiger partial charge in [-0.25, -0.2) is 4.39 Å². The minimum Gasteiger partial charge on any atom is -0.354 e. The molecule has 88 valence electrons. The van der Waals surface area contributed by atoms with Crippen molar-refractivity contribution < 1.29 is 9.18 Å². The summed E-state index contributed by atoms with van der Waals surface area (Å²) in [4.78, 5) is 11.5. The largest absolute Gasteiger partial charge is 0.354 e. The van der Waals surface area contributed by atoms with Crippen LogP contribution in [0.25, 0.3) is 0 Å². The van der Waals surface area contributed by atoms with Crippen molar-refractivity contribution in [2.45, 2.75) is 19.4 Å². The Morgan fingerprint density at radius 2 is 2.00 bits per heavy atom. The summed E-state index contributed by atoms with van der Waals surface area (Å²) in [6.45, 7) is 2.58. The van der Waals surface area contributed by atoms with Crippen molar-refractivity contribution in [2.24, 2.45) is 0 Å². The molecule has 0 spiro atoms. The third kappa shape index (κ3) is 4.40. The fourth-order valence-corrected chi connectivity index (χ4v) is 1.22. The summed E-state index contributed by atoms with van der Waals surface area (Å²) < 4.78 is 12.6. The maximum Gasteiger partial charge on any atom is 0.224 e. The van der Waals surface area contributed by atoms with E-state index in [0.29, 0.717) is 6.54 Å². The van der Waals surface area contributed by atoms with Gasteiger partial charge in [0.2, 0.25) is 5.91 Å². The lowest BCUT2D eigenvalue weighted by molar-refractivity contribution is -0.120. The molecule has 1 aromatic carbocycles. The monoisotopic (exact) mass is 224 g/mol. The predicted molar refractivity (Wildman–Crippen MR) is 61.6 cm³/mol. The smallest absolute Gasteiger partial charge is 0.224 e. The molecule has 0 aliphatic heterocycles. The van der Waals surface area contributed by atoms with Gasteiger partial charge in [0.15, 0.2) is 0 Å². The molecule has 1 atom stereocenters. The van der Waals surface area contributed by atoms with Crippen molar-refractivity contribution in [3.8, 4) is 0 Å². The van der Waals surface area contributed by atoms with Crippen LogP contribution in [0.2, 0.25) is 0 Å². The predicted octanol–water partition coefficient (Wildman–Crippen LogP) is 1.09. The van der Waals surface area contributed by atoms with Gasteiger partial charge in [-0.2, -0.15) is 0 Å². The first-order valence-corrected chi connectivity index (χ1v) is 5.30. The fourth-order valence-electron chi connectivity index (χ4n) is 1.22. The zero-order valence-electron chi connectivity index (χ0n) is 9.59. The average Bonchev–Trinajstić information content (AvgIpc) is 2.29. The number of benzene rings is 1. The molecular formula is C12H17FN2O. The highest BCUT2D eigenvalue weighted by atomic mass is 19.1. The molecule has 0 fully saturated rings. The van der Waals surface area contributed by atoms with E-state index in [1.54, 1.807) is 12.1 Å². The molecule has 0 bridgehead atoms. The molecule has 4 heteroatoms. The third-order valence-corrected chi connectivity index (χ3v) is 2.38. The number of carbonyl (C=O) groups excluding carboxylic acids is 1. The lowest BCUT2D eigenvalue weighted by atomic mass is 10.1. The molecule has 0 aliphatic rings. The first-order valence-electron chi connectivity index (χ1n) is 5.30. The number of likely N-dealkylation sites (N-methyl/N-ethyl adjacent to an activating group) is 1. The Kier molecular flexibility index (Phi) is 4.92. The number of halogens is 1. The zero-order chi connectivity index (χ0) is 12.0. The van der Waals surface area contributed by atoms with Gasteiger partial charge in [0.25, 0.3) is 0 Å². The van der Waals surface area contributed by atoms with Crippen LogP contribution in [0.4, 0.5) is 4.39 Å². The highest BCUT2D eigenvalue weighted by molar-refractivity contribution is 5.78. The molecule has 0 heterocycles. The molecule has 1 amide bonds. The lowest BCUT2D eigenvalue weighted by Gasteiger charge is -2.11. The summed E-state index contributed by atoms with van der Waals surface area (Å²) in [6, 6.07) is 6.21. The second kappa shape index (κ2) is 6.23. The van der Waals surface area contributed by atoms with Gasteiger partial charge in [0.05, 0.1) is 6.42 Å². The van der Waals surface area contributed by atoms with Crippen molar-refractivity contribution >= 4 is 5.91 Å². The minimum absolute atomic E-state index is 0.0475. The van der Waals surface area contributed by atoms with Crippen molar-refractivity contribution in [1.82, 2.24) is 10.6 Å². The summed E-state index contributed by atoms with van der Waals surface area (Å²) in [6.07, 6.45) is 0.288. The molecule has 0 saturated carbocycles. The Morgan fingerprint density at radius 1 is 1.38 bits per heavy atom. The second-order valence-electron chi connectivity index (χ2n) is 3.80. The maximum atomic E-state index is 12.6. The Balaban J connectivity index is 2.37. The van der Waals surface area contributed by atoms with Crippen molar-refractivity contribution in [3.63, 3.8) is 0 Å². The number of carbonyl (C=O) groups is 1. The molecule has 1 aromatic rings. The number of hydrogen-bond donors (Lipinski definition) is 2. The fraction of sp³-hybridized carbons (Fsp3) is 0.417. The van der Waals surface area contributed by atoms with Crippen LogP contribution >= 0.6 is 0 Å². The van der Waals surface area contributed by atoms with Crippen molar-refractivity contribution in [2.75, 3.05) is 13.6 Å².